The summed E-state index contributed by atoms with van der Waals surface area (Å²) < 4.78 is 23.8. The Balaban J connectivity index is 1.44. The molecule has 0 saturated carbocycles. The third kappa shape index (κ3) is 3.94. The highest BCUT2D eigenvalue weighted by Crippen LogP contribution is 2.32. The van der Waals surface area contributed by atoms with Gasteiger partial charge in [-0.2, -0.15) is 5.10 Å². The second kappa shape index (κ2) is 8.44. The number of H-pyrrole nitrogens is 1. The maximum absolute atomic E-state index is 13.1. The van der Waals surface area contributed by atoms with Gasteiger partial charge in [0.15, 0.2) is 0 Å². The molecule has 1 saturated heterocycles. The first-order valence-electron chi connectivity index (χ1n) is 9.66. The fourth-order valence-electron chi connectivity index (χ4n) is 3.57. The second-order valence-electron chi connectivity index (χ2n) is 6.99. The second-order valence-corrected chi connectivity index (χ2v) is 6.99. The maximum atomic E-state index is 13.1. The molecule has 1 aliphatic heterocycles. The number of hydrogen-bond acceptors (Lipinski definition) is 5. The van der Waals surface area contributed by atoms with E-state index in [4.69, 9.17) is 9.47 Å². The number of rotatable bonds is 5. The van der Waals surface area contributed by atoms with Crippen molar-refractivity contribution in [2.75, 3.05) is 45.3 Å². The van der Waals surface area contributed by atoms with Gasteiger partial charge in [-0.25, -0.2) is 4.39 Å². The summed E-state index contributed by atoms with van der Waals surface area (Å²) in [5.41, 5.74) is 2.79. The standard InChI is InChI=1S/C22H23FN4O3/c1-29-17-7-8-18(21(13-17)30-2)19-14-20(25-24-19)22(28)27-11-9-26(10-12-27)16-5-3-15(23)4-6-16/h3-8,13-14H,9-12H2,1-2H3,(H,24,25). The van der Waals surface area contributed by atoms with E-state index in [0.717, 1.165) is 11.3 Å². The highest BCUT2D eigenvalue weighted by molar-refractivity contribution is 5.93. The molecular weight excluding hydrogens is 387 g/mol. The van der Waals surface area contributed by atoms with Crippen LogP contribution in [0.1, 0.15) is 10.5 Å². The number of hydrogen-bond donors (Lipinski definition) is 1. The number of aromatic amines is 1. The summed E-state index contributed by atoms with van der Waals surface area (Å²) in [6.45, 7) is 2.53. The zero-order chi connectivity index (χ0) is 21.1. The van der Waals surface area contributed by atoms with Gasteiger partial charge in [-0.05, 0) is 42.5 Å². The molecule has 0 atom stereocenters. The van der Waals surface area contributed by atoms with E-state index in [9.17, 15) is 9.18 Å². The molecule has 2 heterocycles. The van der Waals surface area contributed by atoms with E-state index >= 15 is 0 Å². The van der Waals surface area contributed by atoms with E-state index in [1.165, 1.54) is 12.1 Å². The van der Waals surface area contributed by atoms with Crippen molar-refractivity contribution in [3.8, 4) is 22.8 Å². The lowest BCUT2D eigenvalue weighted by molar-refractivity contribution is 0.0741. The normalized spacial score (nSPS) is 14.0. The number of amides is 1. The maximum Gasteiger partial charge on any atom is 0.272 e. The Bertz CT molecular complexity index is 1030. The summed E-state index contributed by atoms with van der Waals surface area (Å²) >= 11 is 0. The van der Waals surface area contributed by atoms with Crippen molar-refractivity contribution in [2.45, 2.75) is 0 Å². The monoisotopic (exact) mass is 410 g/mol. The number of nitrogens with one attached hydrogen (secondary N) is 1. The number of nitrogens with zero attached hydrogens (tertiary/aromatic N) is 3. The number of carbonyl (C=O) groups excluding carboxylic acids is 1. The molecule has 0 unspecified atom stereocenters. The van der Waals surface area contributed by atoms with Crippen LogP contribution in [-0.2, 0) is 0 Å². The van der Waals surface area contributed by atoms with E-state index in [-0.39, 0.29) is 11.7 Å². The molecule has 0 spiro atoms. The number of anilines is 1. The van der Waals surface area contributed by atoms with Crippen LogP contribution in [0, 0.1) is 5.82 Å². The van der Waals surface area contributed by atoms with Crippen LogP contribution in [-0.4, -0.2) is 61.4 Å². The lowest BCUT2D eigenvalue weighted by Gasteiger charge is -2.35. The average Bonchev–Trinajstić information content (AvgIpc) is 3.29. The number of halogens is 1. The van der Waals surface area contributed by atoms with Crippen molar-refractivity contribution < 1.29 is 18.7 Å². The molecule has 8 heteroatoms. The van der Waals surface area contributed by atoms with Gasteiger partial charge in [0.2, 0.25) is 0 Å². The summed E-state index contributed by atoms with van der Waals surface area (Å²) in [5, 5.41) is 7.15. The molecular formula is C22H23FN4O3. The van der Waals surface area contributed by atoms with Crippen molar-refractivity contribution in [1.29, 1.82) is 0 Å². The van der Waals surface area contributed by atoms with Crippen LogP contribution >= 0.6 is 0 Å². The van der Waals surface area contributed by atoms with Crippen LogP contribution in [0.3, 0.4) is 0 Å². The van der Waals surface area contributed by atoms with Gasteiger partial charge in [0.25, 0.3) is 5.91 Å². The number of carbonyl (C=O) groups is 1. The quantitative estimate of drug-likeness (QED) is 0.700. The molecule has 30 heavy (non-hydrogen) atoms. The Morgan fingerprint density at radius 1 is 1.00 bits per heavy atom. The smallest absolute Gasteiger partial charge is 0.272 e. The van der Waals surface area contributed by atoms with Gasteiger partial charge in [-0.3, -0.25) is 9.89 Å². The first kappa shape index (κ1) is 19.8. The molecule has 0 aliphatic carbocycles. The number of aromatic nitrogens is 2. The molecule has 7 nitrogen and oxygen atoms in total. The summed E-state index contributed by atoms with van der Waals surface area (Å²) in [5.74, 6) is 0.949. The molecule has 156 valence electrons. The lowest BCUT2D eigenvalue weighted by Crippen LogP contribution is -2.48. The minimum Gasteiger partial charge on any atom is -0.497 e. The van der Waals surface area contributed by atoms with Gasteiger partial charge in [0.1, 0.15) is 23.0 Å². The first-order valence-corrected chi connectivity index (χ1v) is 9.66. The van der Waals surface area contributed by atoms with Crippen LogP contribution in [0.5, 0.6) is 11.5 Å². The molecule has 1 N–H and O–H groups in total. The van der Waals surface area contributed by atoms with Gasteiger partial charge >= 0.3 is 0 Å². The van der Waals surface area contributed by atoms with E-state index in [1.54, 1.807) is 43.4 Å². The predicted octanol–water partition coefficient (Wildman–Crippen LogP) is 3.20. The Morgan fingerprint density at radius 2 is 1.73 bits per heavy atom. The van der Waals surface area contributed by atoms with Crippen LogP contribution in [0.2, 0.25) is 0 Å². The number of benzene rings is 2. The van der Waals surface area contributed by atoms with Gasteiger partial charge in [0.05, 0.1) is 19.9 Å². The number of methoxy groups -OCH3 is 2. The van der Waals surface area contributed by atoms with Crippen molar-refractivity contribution >= 4 is 11.6 Å². The van der Waals surface area contributed by atoms with Crippen LogP contribution in [0.15, 0.2) is 48.5 Å². The summed E-state index contributed by atoms with van der Waals surface area (Å²) in [6, 6.07) is 13.6. The van der Waals surface area contributed by atoms with Crippen molar-refractivity contribution in [3.63, 3.8) is 0 Å². The SMILES string of the molecule is COc1ccc(-c2cc(C(=O)N3CCN(c4ccc(F)cc4)CC3)[nH]n2)c(OC)c1. The number of piperazine rings is 1. The van der Waals surface area contributed by atoms with Gasteiger partial charge in [0, 0.05) is 43.5 Å². The minimum absolute atomic E-state index is 0.0972. The molecule has 0 radical (unpaired) electrons. The Labute approximate surface area is 174 Å². The van der Waals surface area contributed by atoms with Gasteiger partial charge < -0.3 is 19.3 Å². The summed E-state index contributed by atoms with van der Waals surface area (Å²) in [4.78, 5) is 16.9. The summed E-state index contributed by atoms with van der Waals surface area (Å²) in [7, 11) is 3.17. The third-order valence-electron chi connectivity index (χ3n) is 5.25. The minimum atomic E-state index is -0.254. The Morgan fingerprint density at radius 3 is 2.40 bits per heavy atom. The van der Waals surface area contributed by atoms with E-state index in [0.29, 0.717) is 49.1 Å². The zero-order valence-corrected chi connectivity index (χ0v) is 16.9. The first-order chi connectivity index (χ1) is 14.6. The summed E-state index contributed by atoms with van der Waals surface area (Å²) in [6.07, 6.45) is 0. The highest BCUT2D eigenvalue weighted by atomic mass is 19.1. The largest absolute Gasteiger partial charge is 0.497 e. The average molecular weight is 410 g/mol. The van der Waals surface area contributed by atoms with Gasteiger partial charge in [-0.1, -0.05) is 0 Å². The molecule has 1 fully saturated rings. The molecule has 3 aromatic rings. The fraction of sp³-hybridized carbons (Fsp3) is 0.273. The molecule has 0 bridgehead atoms. The zero-order valence-electron chi connectivity index (χ0n) is 16.9. The number of ether oxygens (including phenoxy) is 2. The Kier molecular flexibility index (Phi) is 5.56. The topological polar surface area (TPSA) is 70.7 Å². The predicted molar refractivity (Wildman–Crippen MR) is 112 cm³/mol. The lowest BCUT2D eigenvalue weighted by atomic mass is 10.1. The van der Waals surface area contributed by atoms with Crippen molar-refractivity contribution in [1.82, 2.24) is 15.1 Å². The van der Waals surface area contributed by atoms with E-state index < -0.39 is 0 Å². The molecule has 1 aliphatic rings. The molecule has 2 aromatic carbocycles. The van der Waals surface area contributed by atoms with Crippen molar-refractivity contribution in [3.05, 3.63) is 60.0 Å². The van der Waals surface area contributed by atoms with E-state index in [2.05, 4.69) is 15.1 Å². The van der Waals surface area contributed by atoms with E-state index in [1.807, 2.05) is 12.1 Å². The molecule has 1 amide bonds. The molecule has 1 aromatic heterocycles. The van der Waals surface area contributed by atoms with Crippen LogP contribution < -0.4 is 14.4 Å². The van der Waals surface area contributed by atoms with Gasteiger partial charge in [-0.15, -0.1) is 0 Å². The molecule has 4 rings (SSSR count). The van der Waals surface area contributed by atoms with Crippen LogP contribution in [0.4, 0.5) is 10.1 Å². The third-order valence-corrected chi connectivity index (χ3v) is 5.25. The van der Waals surface area contributed by atoms with Crippen molar-refractivity contribution in [2.24, 2.45) is 0 Å². The van der Waals surface area contributed by atoms with Crippen LogP contribution in [0.25, 0.3) is 11.3 Å². The highest BCUT2D eigenvalue weighted by Gasteiger charge is 2.24. The fourth-order valence-corrected chi connectivity index (χ4v) is 3.57. The Hall–Kier alpha value is -3.55.